The molecule has 1 aromatic carbocycles. The van der Waals surface area contributed by atoms with E-state index in [0.29, 0.717) is 6.61 Å². The van der Waals surface area contributed by atoms with Crippen LogP contribution in [0.3, 0.4) is 0 Å². The number of hydrogen-bond acceptors (Lipinski definition) is 4. The fourth-order valence-electron chi connectivity index (χ4n) is 2.11. The van der Waals surface area contributed by atoms with Crippen molar-refractivity contribution in [3.8, 4) is 5.75 Å². The second kappa shape index (κ2) is 8.59. The number of hydrogen-bond donors (Lipinski definition) is 1. The Bertz CT molecular complexity index is 420. The highest BCUT2D eigenvalue weighted by atomic mass is 16.5. The average Bonchev–Trinajstić information content (AvgIpc) is 2.47. The maximum absolute atomic E-state index is 11.9. The maximum atomic E-state index is 11.9. The number of esters is 1. The van der Waals surface area contributed by atoms with Gasteiger partial charge < -0.3 is 9.47 Å². The van der Waals surface area contributed by atoms with Crippen LogP contribution in [-0.2, 0) is 9.53 Å². The van der Waals surface area contributed by atoms with Gasteiger partial charge >= 0.3 is 5.97 Å². The van der Waals surface area contributed by atoms with Crippen molar-refractivity contribution < 1.29 is 14.3 Å². The zero-order valence-corrected chi connectivity index (χ0v) is 12.8. The van der Waals surface area contributed by atoms with Crippen molar-refractivity contribution >= 4 is 5.97 Å². The first-order chi connectivity index (χ1) is 9.62. The van der Waals surface area contributed by atoms with Crippen molar-refractivity contribution in [2.45, 2.75) is 45.7 Å². The molecule has 0 heterocycles. The molecule has 0 fully saturated rings. The van der Waals surface area contributed by atoms with Crippen LogP contribution < -0.4 is 10.1 Å². The van der Waals surface area contributed by atoms with Crippen molar-refractivity contribution in [3.05, 3.63) is 29.8 Å². The lowest BCUT2D eigenvalue weighted by atomic mass is 10.1. The largest absolute Gasteiger partial charge is 0.497 e. The molecule has 0 aliphatic carbocycles. The number of carbonyl (C=O) groups is 1. The Morgan fingerprint density at radius 2 is 2.10 bits per heavy atom. The molecule has 0 radical (unpaired) electrons. The lowest BCUT2D eigenvalue weighted by Gasteiger charge is -2.22. The van der Waals surface area contributed by atoms with E-state index in [-0.39, 0.29) is 18.1 Å². The Kier molecular flexibility index (Phi) is 7.09. The lowest BCUT2D eigenvalue weighted by Crippen LogP contribution is -2.39. The second-order valence-corrected chi connectivity index (χ2v) is 4.76. The summed E-state index contributed by atoms with van der Waals surface area (Å²) in [6.07, 6.45) is 1.70. The smallest absolute Gasteiger partial charge is 0.323 e. The number of rotatable bonds is 8. The van der Waals surface area contributed by atoms with E-state index in [1.807, 2.05) is 38.1 Å². The van der Waals surface area contributed by atoms with Crippen molar-refractivity contribution in [2.75, 3.05) is 13.7 Å². The highest BCUT2D eigenvalue weighted by Gasteiger charge is 2.21. The van der Waals surface area contributed by atoms with Gasteiger partial charge in [0.05, 0.1) is 13.7 Å². The number of methoxy groups -OCH3 is 1. The normalized spacial score (nSPS) is 13.6. The van der Waals surface area contributed by atoms with Crippen LogP contribution in [0.15, 0.2) is 24.3 Å². The molecule has 1 unspecified atom stereocenters. The van der Waals surface area contributed by atoms with E-state index in [4.69, 9.17) is 9.47 Å². The summed E-state index contributed by atoms with van der Waals surface area (Å²) in [4.78, 5) is 11.9. The van der Waals surface area contributed by atoms with Gasteiger partial charge in [0.2, 0.25) is 0 Å². The van der Waals surface area contributed by atoms with Gasteiger partial charge in [0.1, 0.15) is 11.8 Å². The minimum atomic E-state index is -0.263. The van der Waals surface area contributed by atoms with Crippen molar-refractivity contribution in [1.82, 2.24) is 5.32 Å². The molecule has 1 N–H and O–H groups in total. The molecule has 112 valence electrons. The molecule has 1 rings (SSSR count). The summed E-state index contributed by atoms with van der Waals surface area (Å²) in [5, 5.41) is 3.34. The van der Waals surface area contributed by atoms with Crippen LogP contribution in [-0.4, -0.2) is 25.7 Å². The Hall–Kier alpha value is -1.55. The van der Waals surface area contributed by atoms with Gasteiger partial charge in [0.15, 0.2) is 0 Å². The fraction of sp³-hybridized carbons (Fsp3) is 0.562. The molecular formula is C16H25NO3. The average molecular weight is 279 g/mol. The van der Waals surface area contributed by atoms with Gasteiger partial charge in [-0.2, -0.15) is 0 Å². The third kappa shape index (κ3) is 4.85. The summed E-state index contributed by atoms with van der Waals surface area (Å²) in [6, 6.07) is 7.66. The molecule has 0 saturated heterocycles. The van der Waals surface area contributed by atoms with Crippen LogP contribution in [0.5, 0.6) is 5.75 Å². The minimum Gasteiger partial charge on any atom is -0.497 e. The number of nitrogens with one attached hydrogen (secondary N) is 1. The molecule has 0 bridgehead atoms. The molecule has 0 aromatic heterocycles. The highest BCUT2D eigenvalue weighted by molar-refractivity contribution is 5.75. The Morgan fingerprint density at radius 3 is 2.70 bits per heavy atom. The van der Waals surface area contributed by atoms with Crippen molar-refractivity contribution in [3.63, 3.8) is 0 Å². The first-order valence-electron chi connectivity index (χ1n) is 7.19. The Labute approximate surface area is 121 Å². The monoisotopic (exact) mass is 279 g/mol. The van der Waals surface area contributed by atoms with E-state index >= 15 is 0 Å². The summed E-state index contributed by atoms with van der Waals surface area (Å²) in [5.74, 6) is 0.642. The van der Waals surface area contributed by atoms with Crippen LogP contribution in [0.4, 0.5) is 0 Å². The Balaban J connectivity index is 2.73. The zero-order chi connectivity index (χ0) is 15.0. The van der Waals surface area contributed by atoms with E-state index in [2.05, 4.69) is 12.2 Å². The molecule has 4 heteroatoms. The molecule has 0 aliphatic heterocycles. The number of carbonyl (C=O) groups excluding carboxylic acids is 1. The summed E-state index contributed by atoms with van der Waals surface area (Å²) in [6.45, 7) is 6.33. The molecule has 1 aromatic rings. The molecule has 20 heavy (non-hydrogen) atoms. The highest BCUT2D eigenvalue weighted by Crippen LogP contribution is 2.19. The molecule has 4 nitrogen and oxygen atoms in total. The Morgan fingerprint density at radius 1 is 1.35 bits per heavy atom. The predicted octanol–water partition coefficient (Wildman–Crippen LogP) is 3.08. The van der Waals surface area contributed by atoms with Gasteiger partial charge in [-0.05, 0) is 38.0 Å². The number of benzene rings is 1. The van der Waals surface area contributed by atoms with E-state index in [9.17, 15) is 4.79 Å². The van der Waals surface area contributed by atoms with Gasteiger partial charge in [-0.1, -0.05) is 25.5 Å². The first kappa shape index (κ1) is 16.5. The third-order valence-corrected chi connectivity index (χ3v) is 3.19. The summed E-state index contributed by atoms with van der Waals surface area (Å²) in [5.41, 5.74) is 1.09. The SMILES string of the molecule is CCCC(N[C@H](C)c1cccc(OC)c1)C(=O)OCC. The van der Waals surface area contributed by atoms with Crippen LogP contribution >= 0.6 is 0 Å². The molecule has 0 amide bonds. The van der Waals surface area contributed by atoms with E-state index in [1.165, 1.54) is 0 Å². The molecule has 0 spiro atoms. The summed E-state index contributed by atoms with van der Waals surface area (Å²) < 4.78 is 10.3. The van der Waals surface area contributed by atoms with E-state index < -0.39 is 0 Å². The molecule has 0 saturated carbocycles. The quantitative estimate of drug-likeness (QED) is 0.743. The van der Waals surface area contributed by atoms with Crippen LogP contribution in [0.25, 0.3) is 0 Å². The maximum Gasteiger partial charge on any atom is 0.323 e. The van der Waals surface area contributed by atoms with Gasteiger partial charge in [-0.25, -0.2) is 0 Å². The minimum absolute atomic E-state index is 0.0612. The van der Waals surface area contributed by atoms with Gasteiger partial charge in [-0.15, -0.1) is 0 Å². The first-order valence-corrected chi connectivity index (χ1v) is 7.19. The van der Waals surface area contributed by atoms with Crippen LogP contribution in [0, 0.1) is 0 Å². The molecular weight excluding hydrogens is 254 g/mol. The van der Waals surface area contributed by atoms with E-state index in [1.54, 1.807) is 7.11 Å². The topological polar surface area (TPSA) is 47.6 Å². The summed E-state index contributed by atoms with van der Waals surface area (Å²) in [7, 11) is 1.65. The molecule has 2 atom stereocenters. The molecule has 0 aliphatic rings. The van der Waals surface area contributed by atoms with Gasteiger partial charge in [0.25, 0.3) is 0 Å². The van der Waals surface area contributed by atoms with E-state index in [0.717, 1.165) is 24.2 Å². The van der Waals surface area contributed by atoms with Gasteiger partial charge in [0, 0.05) is 6.04 Å². The fourth-order valence-corrected chi connectivity index (χ4v) is 2.11. The van der Waals surface area contributed by atoms with Crippen LogP contribution in [0.1, 0.15) is 45.2 Å². The second-order valence-electron chi connectivity index (χ2n) is 4.76. The third-order valence-electron chi connectivity index (χ3n) is 3.19. The predicted molar refractivity (Wildman–Crippen MR) is 79.9 cm³/mol. The van der Waals surface area contributed by atoms with Gasteiger partial charge in [-0.3, -0.25) is 10.1 Å². The van der Waals surface area contributed by atoms with Crippen molar-refractivity contribution in [2.24, 2.45) is 0 Å². The number of ether oxygens (including phenoxy) is 2. The lowest BCUT2D eigenvalue weighted by molar-refractivity contribution is -0.146. The van der Waals surface area contributed by atoms with Crippen LogP contribution in [0.2, 0.25) is 0 Å². The zero-order valence-electron chi connectivity index (χ0n) is 12.8. The van der Waals surface area contributed by atoms with Crippen molar-refractivity contribution in [1.29, 1.82) is 0 Å². The standard InChI is InChI=1S/C16H25NO3/c1-5-8-15(16(18)20-6-2)17-12(3)13-9-7-10-14(11-13)19-4/h7,9-12,15,17H,5-6,8H2,1-4H3/t12-,15?/m1/s1. The summed E-state index contributed by atoms with van der Waals surface area (Å²) >= 11 is 0.